The Kier molecular flexibility index (Phi) is 5.42. The number of nitrogens with zero attached hydrogens (tertiary/aromatic N) is 2. The van der Waals surface area contributed by atoms with Gasteiger partial charge in [0.1, 0.15) is 6.17 Å². The molecule has 0 saturated heterocycles. The SMILES string of the molecule is Cc1ccc(N2C(=O)c3ccccc3N(Cc3ccccc3)[C@@H]2c2ccc(Cl)cc2)cc1. The van der Waals surface area contributed by atoms with Crippen molar-refractivity contribution in [3.63, 3.8) is 0 Å². The standard InChI is InChI=1S/C28H23ClN2O/c1-20-11-17-24(18-12-20)31-27(22-13-15-23(29)16-14-22)30(19-21-7-3-2-4-8-21)26-10-6-5-9-25(26)28(31)32/h2-18,27H,19H2,1H3/t27-/m0/s1. The molecule has 158 valence electrons. The molecule has 1 aliphatic heterocycles. The lowest BCUT2D eigenvalue weighted by Gasteiger charge is -2.46. The molecule has 0 radical (unpaired) electrons. The molecule has 0 bridgehead atoms. The second kappa shape index (κ2) is 8.52. The van der Waals surface area contributed by atoms with Crippen LogP contribution in [0.1, 0.15) is 33.2 Å². The Bertz CT molecular complexity index is 1240. The van der Waals surface area contributed by atoms with E-state index in [1.807, 2.05) is 95.9 Å². The van der Waals surface area contributed by atoms with Gasteiger partial charge in [-0.05, 0) is 54.4 Å². The maximum absolute atomic E-state index is 13.8. The topological polar surface area (TPSA) is 23.6 Å². The van der Waals surface area contributed by atoms with Crippen molar-refractivity contribution < 1.29 is 4.79 Å². The van der Waals surface area contributed by atoms with Crippen molar-refractivity contribution in [3.8, 4) is 0 Å². The van der Waals surface area contributed by atoms with E-state index in [1.165, 1.54) is 5.56 Å². The number of para-hydroxylation sites is 1. The molecule has 1 aliphatic rings. The Morgan fingerprint density at radius 3 is 2.16 bits per heavy atom. The number of hydrogen-bond acceptors (Lipinski definition) is 2. The molecule has 1 heterocycles. The predicted molar refractivity (Wildman–Crippen MR) is 131 cm³/mol. The van der Waals surface area contributed by atoms with E-state index in [4.69, 9.17) is 11.6 Å². The van der Waals surface area contributed by atoms with Crippen molar-refractivity contribution in [1.82, 2.24) is 0 Å². The van der Waals surface area contributed by atoms with Gasteiger partial charge in [-0.3, -0.25) is 9.69 Å². The van der Waals surface area contributed by atoms with Crippen LogP contribution >= 0.6 is 11.6 Å². The van der Waals surface area contributed by atoms with Crippen LogP contribution in [0.2, 0.25) is 5.02 Å². The summed E-state index contributed by atoms with van der Waals surface area (Å²) in [5.74, 6) is -0.00582. The predicted octanol–water partition coefficient (Wildman–Crippen LogP) is 7.01. The van der Waals surface area contributed by atoms with Gasteiger partial charge in [-0.15, -0.1) is 0 Å². The van der Waals surface area contributed by atoms with Crippen LogP contribution in [0.15, 0.2) is 103 Å². The van der Waals surface area contributed by atoms with Crippen LogP contribution in [0, 0.1) is 6.92 Å². The molecule has 4 aromatic carbocycles. The minimum Gasteiger partial charge on any atom is -0.342 e. The summed E-state index contributed by atoms with van der Waals surface area (Å²) >= 11 is 6.20. The van der Waals surface area contributed by atoms with Crippen LogP contribution in [-0.4, -0.2) is 5.91 Å². The lowest BCUT2D eigenvalue weighted by atomic mass is 9.99. The summed E-state index contributed by atoms with van der Waals surface area (Å²) < 4.78 is 0. The summed E-state index contributed by atoms with van der Waals surface area (Å²) in [5.41, 5.74) is 5.85. The van der Waals surface area contributed by atoms with E-state index < -0.39 is 0 Å². The molecule has 32 heavy (non-hydrogen) atoms. The molecule has 1 atom stereocenters. The van der Waals surface area contributed by atoms with E-state index in [2.05, 4.69) is 24.0 Å². The third-order valence-corrected chi connectivity index (χ3v) is 6.13. The summed E-state index contributed by atoms with van der Waals surface area (Å²) in [6.07, 6.45) is -0.308. The van der Waals surface area contributed by atoms with E-state index >= 15 is 0 Å². The van der Waals surface area contributed by atoms with E-state index in [9.17, 15) is 4.79 Å². The number of benzene rings is 4. The number of rotatable bonds is 4. The zero-order chi connectivity index (χ0) is 22.1. The van der Waals surface area contributed by atoms with E-state index in [0.717, 1.165) is 22.5 Å². The van der Waals surface area contributed by atoms with E-state index in [1.54, 1.807) is 0 Å². The number of amides is 1. The first kappa shape index (κ1) is 20.3. The lowest BCUT2D eigenvalue weighted by molar-refractivity contribution is 0.0968. The zero-order valence-corrected chi connectivity index (χ0v) is 18.5. The van der Waals surface area contributed by atoms with E-state index in [-0.39, 0.29) is 12.1 Å². The fourth-order valence-corrected chi connectivity index (χ4v) is 4.42. The molecule has 0 fully saturated rings. The van der Waals surface area contributed by atoms with Crippen LogP contribution < -0.4 is 9.80 Å². The molecule has 0 saturated carbocycles. The Hall–Kier alpha value is -3.56. The van der Waals surface area contributed by atoms with Crippen molar-refractivity contribution in [1.29, 1.82) is 0 Å². The van der Waals surface area contributed by atoms with E-state index in [0.29, 0.717) is 17.1 Å². The Balaban J connectivity index is 1.72. The number of anilines is 2. The third kappa shape index (κ3) is 3.76. The second-order valence-corrected chi connectivity index (χ2v) is 8.50. The molecular weight excluding hydrogens is 416 g/mol. The first-order valence-electron chi connectivity index (χ1n) is 10.7. The van der Waals surface area contributed by atoms with Crippen molar-refractivity contribution >= 4 is 28.9 Å². The first-order chi connectivity index (χ1) is 15.6. The minimum absolute atomic E-state index is 0.00582. The van der Waals surface area contributed by atoms with Gasteiger partial charge in [0.15, 0.2) is 0 Å². The summed E-state index contributed by atoms with van der Waals surface area (Å²) in [4.78, 5) is 18.0. The Morgan fingerprint density at radius 1 is 0.781 bits per heavy atom. The summed E-state index contributed by atoms with van der Waals surface area (Å²) in [6, 6.07) is 34.1. The third-order valence-electron chi connectivity index (χ3n) is 5.88. The molecule has 4 aromatic rings. The lowest BCUT2D eigenvalue weighted by Crippen LogP contribution is -2.49. The molecule has 0 N–H and O–H groups in total. The first-order valence-corrected chi connectivity index (χ1v) is 11.0. The highest BCUT2D eigenvalue weighted by Crippen LogP contribution is 2.42. The van der Waals surface area contributed by atoms with Gasteiger partial charge >= 0.3 is 0 Å². The van der Waals surface area contributed by atoms with Crippen molar-refractivity contribution in [2.45, 2.75) is 19.6 Å². The number of aryl methyl sites for hydroxylation is 1. The van der Waals surface area contributed by atoms with Gasteiger partial charge in [-0.25, -0.2) is 0 Å². The molecule has 1 amide bonds. The van der Waals surface area contributed by atoms with Crippen LogP contribution in [0.25, 0.3) is 0 Å². The molecule has 4 heteroatoms. The van der Waals surface area contributed by atoms with Gasteiger partial charge in [0, 0.05) is 17.3 Å². The molecule has 0 aromatic heterocycles. The fraction of sp³-hybridized carbons (Fsp3) is 0.107. The highest BCUT2D eigenvalue weighted by Gasteiger charge is 2.39. The summed E-state index contributed by atoms with van der Waals surface area (Å²) in [7, 11) is 0. The molecule has 0 unspecified atom stereocenters. The average molecular weight is 439 g/mol. The van der Waals surface area contributed by atoms with Crippen molar-refractivity contribution in [2.75, 3.05) is 9.80 Å². The number of carbonyl (C=O) groups excluding carboxylic acids is 1. The second-order valence-electron chi connectivity index (χ2n) is 8.07. The fourth-order valence-electron chi connectivity index (χ4n) is 4.30. The molecule has 0 spiro atoms. The van der Waals surface area contributed by atoms with Gasteiger partial charge in [0.05, 0.1) is 11.3 Å². The van der Waals surface area contributed by atoms with Crippen LogP contribution in [0.5, 0.6) is 0 Å². The quantitative estimate of drug-likeness (QED) is 0.342. The van der Waals surface area contributed by atoms with Crippen molar-refractivity contribution in [3.05, 3.63) is 130 Å². The number of halogens is 1. The van der Waals surface area contributed by atoms with Crippen LogP contribution in [0.4, 0.5) is 11.4 Å². The monoisotopic (exact) mass is 438 g/mol. The van der Waals surface area contributed by atoms with Crippen LogP contribution in [-0.2, 0) is 6.54 Å². The van der Waals surface area contributed by atoms with Crippen molar-refractivity contribution in [2.24, 2.45) is 0 Å². The molecule has 0 aliphatic carbocycles. The smallest absolute Gasteiger partial charge is 0.262 e. The van der Waals surface area contributed by atoms with Gasteiger partial charge in [0.2, 0.25) is 0 Å². The largest absolute Gasteiger partial charge is 0.342 e. The van der Waals surface area contributed by atoms with Gasteiger partial charge < -0.3 is 4.90 Å². The number of hydrogen-bond donors (Lipinski definition) is 0. The molecule has 3 nitrogen and oxygen atoms in total. The van der Waals surface area contributed by atoms with Gasteiger partial charge in [0.25, 0.3) is 5.91 Å². The average Bonchev–Trinajstić information content (AvgIpc) is 2.83. The maximum atomic E-state index is 13.8. The number of carbonyl (C=O) groups is 1. The van der Waals surface area contributed by atoms with Crippen LogP contribution in [0.3, 0.4) is 0 Å². The van der Waals surface area contributed by atoms with Gasteiger partial charge in [-0.1, -0.05) is 83.9 Å². The molecular formula is C28H23ClN2O. The minimum atomic E-state index is -0.308. The summed E-state index contributed by atoms with van der Waals surface area (Å²) in [6.45, 7) is 2.72. The Morgan fingerprint density at radius 2 is 1.44 bits per heavy atom. The normalized spacial score (nSPS) is 15.6. The summed E-state index contributed by atoms with van der Waals surface area (Å²) in [5, 5.41) is 0.674. The number of fused-ring (bicyclic) bond motifs is 1. The Labute approximate surface area is 193 Å². The highest BCUT2D eigenvalue weighted by molar-refractivity contribution is 6.30. The zero-order valence-electron chi connectivity index (χ0n) is 17.8. The maximum Gasteiger partial charge on any atom is 0.262 e. The highest BCUT2D eigenvalue weighted by atomic mass is 35.5. The van der Waals surface area contributed by atoms with Gasteiger partial charge in [-0.2, -0.15) is 0 Å². The molecule has 5 rings (SSSR count).